The molecular weight excluding hydrogens is 184 g/mol. The van der Waals surface area contributed by atoms with Gasteiger partial charge in [0.1, 0.15) is 0 Å². The fraction of sp³-hybridized carbons (Fsp3) is 0.778. The third-order valence-corrected chi connectivity index (χ3v) is 2.72. The lowest BCUT2D eigenvalue weighted by molar-refractivity contribution is -0.150. The van der Waals surface area contributed by atoms with E-state index >= 15 is 0 Å². The molecule has 80 valence electrons. The molecule has 0 aromatic carbocycles. The summed E-state index contributed by atoms with van der Waals surface area (Å²) in [4.78, 5) is 21.7. The highest BCUT2D eigenvalue weighted by Crippen LogP contribution is 2.37. The van der Waals surface area contributed by atoms with Crippen LogP contribution in [0.5, 0.6) is 0 Å². The van der Waals surface area contributed by atoms with Crippen molar-refractivity contribution in [1.82, 2.24) is 5.32 Å². The summed E-state index contributed by atoms with van der Waals surface area (Å²) in [5.74, 6) is -1.71. The highest BCUT2D eigenvalue weighted by molar-refractivity contribution is 5.88. The number of carbonyl (C=O) groups excluding carboxylic acids is 1. The Bertz CT molecular complexity index is 246. The molecule has 4 N–H and O–H groups in total. The molecule has 0 atom stereocenters. The standard InChI is InChI=1S/C9H16N2O3/c1-2-3-11-9(8(10)14)4-6(5-9)7(12)13/h6,11H,2-5H2,1H3,(H2,10,14)(H,12,13). The number of nitrogens with one attached hydrogen (secondary N) is 1. The summed E-state index contributed by atoms with van der Waals surface area (Å²) in [6.45, 7) is 2.67. The van der Waals surface area contributed by atoms with Gasteiger partial charge in [-0.1, -0.05) is 6.92 Å². The van der Waals surface area contributed by atoms with Gasteiger partial charge in [-0.15, -0.1) is 0 Å². The fourth-order valence-corrected chi connectivity index (χ4v) is 1.75. The van der Waals surface area contributed by atoms with Crippen molar-refractivity contribution < 1.29 is 14.7 Å². The molecule has 0 heterocycles. The molecule has 1 aliphatic carbocycles. The minimum absolute atomic E-state index is 0.317. The first kappa shape index (κ1) is 11.0. The third-order valence-electron chi connectivity index (χ3n) is 2.72. The first-order valence-electron chi connectivity index (χ1n) is 4.79. The Labute approximate surface area is 82.7 Å². The number of hydrogen-bond donors (Lipinski definition) is 3. The largest absolute Gasteiger partial charge is 0.481 e. The van der Waals surface area contributed by atoms with Crippen molar-refractivity contribution in [2.24, 2.45) is 11.7 Å². The van der Waals surface area contributed by atoms with Crippen LogP contribution in [0.2, 0.25) is 0 Å². The number of aliphatic carboxylic acids is 1. The molecule has 0 aromatic rings. The van der Waals surface area contributed by atoms with Crippen LogP contribution >= 0.6 is 0 Å². The van der Waals surface area contributed by atoms with Gasteiger partial charge in [-0.3, -0.25) is 9.59 Å². The summed E-state index contributed by atoms with van der Waals surface area (Å²) in [7, 11) is 0. The van der Waals surface area contributed by atoms with E-state index in [1.807, 2.05) is 6.92 Å². The topological polar surface area (TPSA) is 92.4 Å². The van der Waals surface area contributed by atoms with Crippen molar-refractivity contribution in [2.75, 3.05) is 6.54 Å². The van der Waals surface area contributed by atoms with Crippen molar-refractivity contribution in [1.29, 1.82) is 0 Å². The van der Waals surface area contributed by atoms with Gasteiger partial charge in [0, 0.05) is 0 Å². The number of carbonyl (C=O) groups is 2. The van der Waals surface area contributed by atoms with Crippen molar-refractivity contribution >= 4 is 11.9 Å². The van der Waals surface area contributed by atoms with E-state index in [0.717, 1.165) is 6.42 Å². The van der Waals surface area contributed by atoms with Gasteiger partial charge in [-0.05, 0) is 25.8 Å². The van der Waals surface area contributed by atoms with Crippen LogP contribution in [0.1, 0.15) is 26.2 Å². The first-order chi connectivity index (χ1) is 6.52. The summed E-state index contributed by atoms with van der Waals surface area (Å²) in [5, 5.41) is 11.7. The predicted octanol–water partition coefficient (Wildman–Crippen LogP) is -0.295. The Morgan fingerprint density at radius 2 is 2.14 bits per heavy atom. The maximum Gasteiger partial charge on any atom is 0.306 e. The van der Waals surface area contributed by atoms with Gasteiger partial charge in [-0.25, -0.2) is 0 Å². The molecular formula is C9H16N2O3. The van der Waals surface area contributed by atoms with Crippen molar-refractivity contribution in [3.63, 3.8) is 0 Å². The smallest absolute Gasteiger partial charge is 0.306 e. The van der Waals surface area contributed by atoms with E-state index in [-0.39, 0.29) is 0 Å². The molecule has 0 unspecified atom stereocenters. The maximum absolute atomic E-state index is 11.1. The Balaban J connectivity index is 2.53. The van der Waals surface area contributed by atoms with Gasteiger partial charge < -0.3 is 16.2 Å². The van der Waals surface area contributed by atoms with Crippen LogP contribution in [0.15, 0.2) is 0 Å². The quantitative estimate of drug-likeness (QED) is 0.568. The Hall–Kier alpha value is -1.10. The van der Waals surface area contributed by atoms with Gasteiger partial charge in [0.15, 0.2) is 0 Å². The second-order valence-electron chi connectivity index (χ2n) is 3.82. The maximum atomic E-state index is 11.1. The van der Waals surface area contributed by atoms with Gasteiger partial charge in [0.2, 0.25) is 5.91 Å². The predicted molar refractivity (Wildman–Crippen MR) is 50.6 cm³/mol. The Morgan fingerprint density at radius 1 is 1.57 bits per heavy atom. The minimum atomic E-state index is -0.847. The van der Waals surface area contributed by atoms with Gasteiger partial charge >= 0.3 is 5.97 Å². The molecule has 5 heteroatoms. The zero-order chi connectivity index (χ0) is 10.8. The second-order valence-corrected chi connectivity index (χ2v) is 3.82. The molecule has 0 saturated heterocycles. The molecule has 0 spiro atoms. The van der Waals surface area contributed by atoms with E-state index < -0.39 is 23.3 Å². The zero-order valence-electron chi connectivity index (χ0n) is 8.25. The summed E-state index contributed by atoms with van der Waals surface area (Å²) in [6.07, 6.45) is 1.53. The first-order valence-corrected chi connectivity index (χ1v) is 4.79. The monoisotopic (exact) mass is 200 g/mol. The third kappa shape index (κ3) is 1.87. The lowest BCUT2D eigenvalue weighted by Crippen LogP contribution is -2.64. The van der Waals surface area contributed by atoms with Crippen LogP contribution in [0.3, 0.4) is 0 Å². The van der Waals surface area contributed by atoms with E-state index in [1.165, 1.54) is 0 Å². The number of nitrogens with two attached hydrogens (primary N) is 1. The van der Waals surface area contributed by atoms with Gasteiger partial charge in [-0.2, -0.15) is 0 Å². The molecule has 0 aliphatic heterocycles. The van der Waals surface area contributed by atoms with Crippen LogP contribution < -0.4 is 11.1 Å². The molecule has 1 fully saturated rings. The highest BCUT2D eigenvalue weighted by atomic mass is 16.4. The van der Waals surface area contributed by atoms with Crippen molar-refractivity contribution in [3.05, 3.63) is 0 Å². The molecule has 0 radical (unpaired) electrons. The molecule has 0 aromatic heterocycles. The van der Waals surface area contributed by atoms with E-state index in [1.54, 1.807) is 0 Å². The number of primary amides is 1. The Morgan fingerprint density at radius 3 is 2.50 bits per heavy atom. The number of rotatable bonds is 5. The highest BCUT2D eigenvalue weighted by Gasteiger charge is 2.51. The summed E-state index contributed by atoms with van der Waals surface area (Å²) in [6, 6.07) is 0. The number of carboxylic acids is 1. The van der Waals surface area contributed by atoms with Crippen LogP contribution in [0.4, 0.5) is 0 Å². The average Bonchev–Trinajstić information content (AvgIpc) is 2.01. The average molecular weight is 200 g/mol. The molecule has 1 saturated carbocycles. The summed E-state index contributed by atoms with van der Waals surface area (Å²) < 4.78 is 0. The van der Waals surface area contributed by atoms with E-state index in [2.05, 4.69) is 5.32 Å². The number of amides is 1. The summed E-state index contributed by atoms with van der Waals surface area (Å²) >= 11 is 0. The number of hydrogen-bond acceptors (Lipinski definition) is 3. The van der Waals surface area contributed by atoms with E-state index in [0.29, 0.717) is 19.4 Å². The lowest BCUT2D eigenvalue weighted by atomic mass is 9.67. The molecule has 5 nitrogen and oxygen atoms in total. The second kappa shape index (κ2) is 3.96. The number of carboxylic acid groups (broad SMARTS) is 1. The molecule has 1 rings (SSSR count). The minimum Gasteiger partial charge on any atom is -0.481 e. The van der Waals surface area contributed by atoms with Crippen LogP contribution in [0.25, 0.3) is 0 Å². The molecule has 0 bridgehead atoms. The molecule has 1 aliphatic rings. The van der Waals surface area contributed by atoms with Crippen molar-refractivity contribution in [3.8, 4) is 0 Å². The zero-order valence-corrected chi connectivity index (χ0v) is 8.25. The molecule has 14 heavy (non-hydrogen) atoms. The van der Waals surface area contributed by atoms with E-state index in [9.17, 15) is 9.59 Å². The lowest BCUT2D eigenvalue weighted by Gasteiger charge is -2.43. The normalized spacial score (nSPS) is 30.8. The van der Waals surface area contributed by atoms with Crippen molar-refractivity contribution in [2.45, 2.75) is 31.7 Å². The van der Waals surface area contributed by atoms with Crippen LogP contribution in [-0.2, 0) is 9.59 Å². The SMILES string of the molecule is CCCNC1(C(N)=O)CC(C(=O)O)C1. The summed E-state index contributed by atoms with van der Waals surface area (Å²) in [5.41, 5.74) is 4.48. The fourth-order valence-electron chi connectivity index (χ4n) is 1.75. The molecule has 1 amide bonds. The Kier molecular flexibility index (Phi) is 3.10. The van der Waals surface area contributed by atoms with Crippen LogP contribution in [0, 0.1) is 5.92 Å². The van der Waals surface area contributed by atoms with Gasteiger partial charge in [0.25, 0.3) is 0 Å². The van der Waals surface area contributed by atoms with Gasteiger partial charge in [0.05, 0.1) is 11.5 Å². The van der Waals surface area contributed by atoms with Crippen LogP contribution in [-0.4, -0.2) is 29.1 Å². The van der Waals surface area contributed by atoms with E-state index in [4.69, 9.17) is 10.8 Å².